The molecule has 0 aliphatic carbocycles. The molecule has 0 bridgehead atoms. The summed E-state index contributed by atoms with van der Waals surface area (Å²) in [7, 11) is 0. The van der Waals surface area contributed by atoms with Gasteiger partial charge in [-0.2, -0.15) is 5.26 Å². The number of benzene rings is 1. The minimum Gasteiger partial charge on any atom is -0.490 e. The molecule has 1 aromatic rings. The molecule has 0 spiro atoms. The van der Waals surface area contributed by atoms with E-state index in [0.29, 0.717) is 19.6 Å². The summed E-state index contributed by atoms with van der Waals surface area (Å²) < 4.78 is 11.1. The number of rotatable bonds is 3. The highest BCUT2D eigenvalue weighted by Gasteiger charge is 2.10. The third-order valence-electron chi connectivity index (χ3n) is 2.20. The first kappa shape index (κ1) is 11.2. The van der Waals surface area contributed by atoms with Crippen LogP contribution in [0.4, 0.5) is 0 Å². The van der Waals surface area contributed by atoms with E-state index in [2.05, 4.69) is 6.07 Å². The Kier molecular flexibility index (Phi) is 3.95. The number of ether oxygens (including phenoxy) is 2. The Bertz CT molecular complexity index is 400. The average molecular weight is 235 g/mol. The Morgan fingerprint density at radius 1 is 1.25 bits per heavy atom. The van der Waals surface area contributed by atoms with E-state index < -0.39 is 0 Å². The monoisotopic (exact) mass is 235 g/mol. The molecular weight excluding hydrogens is 222 g/mol. The van der Waals surface area contributed by atoms with E-state index >= 15 is 0 Å². The number of nitriles is 1. The number of hydrogen-bond donors (Lipinski definition) is 0. The summed E-state index contributed by atoms with van der Waals surface area (Å²) in [6.07, 6.45) is 1.49. The third kappa shape index (κ3) is 2.83. The predicted octanol–water partition coefficient (Wildman–Crippen LogP) is 2.85. The highest BCUT2D eigenvalue weighted by molar-refractivity contribution is 7.99. The van der Waals surface area contributed by atoms with Crippen LogP contribution in [0.2, 0.25) is 0 Å². The fourth-order valence-electron chi connectivity index (χ4n) is 1.45. The maximum atomic E-state index is 8.47. The maximum Gasteiger partial charge on any atom is 0.162 e. The van der Waals surface area contributed by atoms with E-state index in [1.165, 1.54) is 0 Å². The van der Waals surface area contributed by atoms with Crippen molar-refractivity contribution < 1.29 is 9.47 Å². The summed E-state index contributed by atoms with van der Waals surface area (Å²) in [6.45, 7) is 1.42. The lowest BCUT2D eigenvalue weighted by molar-refractivity contribution is 0.297. The van der Waals surface area contributed by atoms with Gasteiger partial charge in [0.25, 0.3) is 0 Å². The van der Waals surface area contributed by atoms with E-state index in [-0.39, 0.29) is 0 Å². The molecule has 0 amide bonds. The first-order valence-corrected chi connectivity index (χ1v) is 6.28. The van der Waals surface area contributed by atoms with Crippen molar-refractivity contribution in [3.8, 4) is 17.6 Å². The van der Waals surface area contributed by atoms with Gasteiger partial charge in [0, 0.05) is 23.5 Å². The van der Waals surface area contributed by atoms with Crippen LogP contribution in [0.5, 0.6) is 11.5 Å². The first-order valence-electron chi connectivity index (χ1n) is 5.29. The Morgan fingerprint density at radius 2 is 2.06 bits per heavy atom. The lowest BCUT2D eigenvalue weighted by Crippen LogP contribution is -1.97. The van der Waals surface area contributed by atoms with Gasteiger partial charge in [-0.3, -0.25) is 0 Å². The largest absolute Gasteiger partial charge is 0.490 e. The molecular formula is C12H13NO2S. The van der Waals surface area contributed by atoms with Crippen molar-refractivity contribution in [2.75, 3.05) is 19.0 Å². The van der Waals surface area contributed by atoms with Gasteiger partial charge in [-0.05, 0) is 18.2 Å². The second kappa shape index (κ2) is 5.66. The molecule has 0 fully saturated rings. The third-order valence-corrected chi connectivity index (χ3v) is 3.20. The Labute approximate surface area is 99.4 Å². The van der Waals surface area contributed by atoms with E-state index in [9.17, 15) is 0 Å². The highest BCUT2D eigenvalue weighted by atomic mass is 32.2. The molecule has 0 saturated carbocycles. The lowest BCUT2D eigenvalue weighted by Gasteiger charge is -2.08. The van der Waals surface area contributed by atoms with Crippen molar-refractivity contribution >= 4 is 11.8 Å². The van der Waals surface area contributed by atoms with Crippen LogP contribution in [0, 0.1) is 11.3 Å². The number of hydrogen-bond acceptors (Lipinski definition) is 4. The normalized spacial score (nSPS) is 13.9. The maximum absolute atomic E-state index is 8.47. The van der Waals surface area contributed by atoms with Gasteiger partial charge in [-0.1, -0.05) is 0 Å². The first-order chi connectivity index (χ1) is 7.90. The Balaban J connectivity index is 2.06. The molecule has 1 aliphatic rings. The molecule has 4 heteroatoms. The Hall–Kier alpha value is -1.34. The summed E-state index contributed by atoms with van der Waals surface area (Å²) in [6, 6.07) is 8.07. The molecule has 2 rings (SSSR count). The predicted molar refractivity (Wildman–Crippen MR) is 63.0 cm³/mol. The van der Waals surface area contributed by atoms with E-state index in [0.717, 1.165) is 28.6 Å². The average Bonchev–Trinajstić information content (AvgIpc) is 2.54. The minimum absolute atomic E-state index is 0.569. The van der Waals surface area contributed by atoms with Crippen LogP contribution in [-0.2, 0) is 0 Å². The summed E-state index contributed by atoms with van der Waals surface area (Å²) in [5, 5.41) is 8.47. The number of nitrogens with zero attached hydrogens (tertiary/aromatic N) is 1. The lowest BCUT2D eigenvalue weighted by atomic mass is 10.3. The van der Waals surface area contributed by atoms with Crippen molar-refractivity contribution in [3.05, 3.63) is 18.2 Å². The van der Waals surface area contributed by atoms with Crippen LogP contribution in [0.3, 0.4) is 0 Å². The second-order valence-corrected chi connectivity index (χ2v) is 4.58. The second-order valence-electron chi connectivity index (χ2n) is 3.42. The summed E-state index contributed by atoms with van der Waals surface area (Å²) in [4.78, 5) is 1.12. The molecule has 1 heterocycles. The van der Waals surface area contributed by atoms with Gasteiger partial charge in [0.05, 0.1) is 19.3 Å². The quantitative estimate of drug-likeness (QED) is 0.597. The van der Waals surface area contributed by atoms with Crippen molar-refractivity contribution in [1.29, 1.82) is 5.26 Å². The van der Waals surface area contributed by atoms with Gasteiger partial charge in [-0.15, -0.1) is 11.8 Å². The van der Waals surface area contributed by atoms with Gasteiger partial charge in [0.1, 0.15) is 0 Å². The van der Waals surface area contributed by atoms with Crippen molar-refractivity contribution in [2.45, 2.75) is 17.7 Å². The van der Waals surface area contributed by atoms with Crippen molar-refractivity contribution in [2.24, 2.45) is 0 Å². The zero-order valence-corrected chi connectivity index (χ0v) is 9.76. The molecule has 0 unspecified atom stereocenters. The van der Waals surface area contributed by atoms with E-state index in [1.54, 1.807) is 11.8 Å². The van der Waals surface area contributed by atoms with Crippen LogP contribution in [0.15, 0.2) is 23.1 Å². The molecule has 0 N–H and O–H groups in total. The van der Waals surface area contributed by atoms with Crippen LogP contribution in [0.1, 0.15) is 12.8 Å². The zero-order chi connectivity index (χ0) is 11.2. The molecule has 84 valence electrons. The molecule has 1 aromatic carbocycles. The van der Waals surface area contributed by atoms with Crippen LogP contribution in [-0.4, -0.2) is 19.0 Å². The topological polar surface area (TPSA) is 42.2 Å². The van der Waals surface area contributed by atoms with Crippen LogP contribution >= 0.6 is 11.8 Å². The SMILES string of the molecule is N#CCCSc1ccc2c(c1)OCCCO2. The summed E-state index contributed by atoms with van der Waals surface area (Å²) >= 11 is 1.67. The van der Waals surface area contributed by atoms with Gasteiger partial charge >= 0.3 is 0 Å². The molecule has 0 radical (unpaired) electrons. The molecule has 16 heavy (non-hydrogen) atoms. The fraction of sp³-hybridized carbons (Fsp3) is 0.417. The number of thioether (sulfide) groups is 1. The summed E-state index contributed by atoms with van der Waals surface area (Å²) in [5.41, 5.74) is 0. The molecule has 1 aliphatic heterocycles. The smallest absolute Gasteiger partial charge is 0.162 e. The standard InChI is InChI=1S/C12H13NO2S/c13-5-1-8-16-10-3-4-11-12(9-10)15-7-2-6-14-11/h3-4,9H,1-2,6-8H2. The van der Waals surface area contributed by atoms with Gasteiger partial charge in [-0.25, -0.2) is 0 Å². The molecule has 0 atom stereocenters. The summed E-state index contributed by atoms with van der Waals surface area (Å²) in [5.74, 6) is 2.46. The molecule has 0 saturated heterocycles. The van der Waals surface area contributed by atoms with Crippen LogP contribution < -0.4 is 9.47 Å². The van der Waals surface area contributed by atoms with Crippen molar-refractivity contribution in [1.82, 2.24) is 0 Å². The van der Waals surface area contributed by atoms with Gasteiger partial charge in [0.15, 0.2) is 11.5 Å². The number of fused-ring (bicyclic) bond motifs is 1. The molecule has 0 aromatic heterocycles. The highest BCUT2D eigenvalue weighted by Crippen LogP contribution is 2.33. The van der Waals surface area contributed by atoms with Crippen LogP contribution in [0.25, 0.3) is 0 Å². The zero-order valence-electron chi connectivity index (χ0n) is 8.94. The van der Waals surface area contributed by atoms with Gasteiger partial charge < -0.3 is 9.47 Å². The fourth-order valence-corrected chi connectivity index (χ4v) is 2.23. The molecule has 3 nitrogen and oxygen atoms in total. The van der Waals surface area contributed by atoms with E-state index in [1.807, 2.05) is 18.2 Å². The van der Waals surface area contributed by atoms with Crippen molar-refractivity contribution in [3.63, 3.8) is 0 Å². The van der Waals surface area contributed by atoms with Gasteiger partial charge in [0.2, 0.25) is 0 Å². The minimum atomic E-state index is 0.569. The Morgan fingerprint density at radius 3 is 2.88 bits per heavy atom. The van der Waals surface area contributed by atoms with E-state index in [4.69, 9.17) is 14.7 Å².